The number of nitrogens with one attached hydrogen (secondary N) is 2. The molecule has 1 aromatic rings. The summed E-state index contributed by atoms with van der Waals surface area (Å²) >= 11 is 5.98. The Morgan fingerprint density at radius 3 is 2.55 bits per heavy atom. The van der Waals surface area contributed by atoms with Crippen molar-refractivity contribution in [3.63, 3.8) is 0 Å². The molecule has 2 heterocycles. The molecule has 1 atom stereocenters. The molecule has 0 unspecified atom stereocenters. The number of benzene rings is 1. The summed E-state index contributed by atoms with van der Waals surface area (Å²) in [6.45, 7) is 5.75. The maximum atomic E-state index is 5.98. The van der Waals surface area contributed by atoms with E-state index in [1.165, 1.54) is 38.0 Å². The van der Waals surface area contributed by atoms with Gasteiger partial charge >= 0.3 is 0 Å². The van der Waals surface area contributed by atoms with Crippen molar-refractivity contribution in [2.75, 3.05) is 32.7 Å². The monoisotopic (exact) mass is 293 g/mol. The van der Waals surface area contributed by atoms with Gasteiger partial charge in [0.2, 0.25) is 0 Å². The molecule has 2 fully saturated rings. The van der Waals surface area contributed by atoms with Crippen molar-refractivity contribution in [1.82, 2.24) is 15.5 Å². The Hall–Kier alpha value is -0.610. The first-order valence-corrected chi connectivity index (χ1v) is 8.12. The predicted molar refractivity (Wildman–Crippen MR) is 84.4 cm³/mol. The molecule has 0 amide bonds. The van der Waals surface area contributed by atoms with Gasteiger partial charge in [0.15, 0.2) is 0 Å². The van der Waals surface area contributed by atoms with E-state index in [-0.39, 0.29) is 0 Å². The fourth-order valence-electron chi connectivity index (χ4n) is 3.48. The number of hydrogen-bond acceptors (Lipinski definition) is 3. The van der Waals surface area contributed by atoms with Crippen LogP contribution in [0.3, 0.4) is 0 Å². The first-order chi connectivity index (χ1) is 9.83. The Kier molecular flexibility index (Phi) is 4.94. The Morgan fingerprint density at radius 1 is 1.05 bits per heavy atom. The van der Waals surface area contributed by atoms with E-state index in [0.717, 1.165) is 30.6 Å². The normalized spacial score (nSPS) is 25.8. The molecule has 0 spiro atoms. The molecule has 1 aromatic carbocycles. The van der Waals surface area contributed by atoms with Crippen LogP contribution in [0.1, 0.15) is 18.4 Å². The van der Waals surface area contributed by atoms with Crippen LogP contribution in [0.2, 0.25) is 5.02 Å². The Bertz CT molecular complexity index is 414. The SMILES string of the molecule is Clc1ccc(C[C@H]2CNCCN2C2CCNCC2)cc1. The summed E-state index contributed by atoms with van der Waals surface area (Å²) in [5.41, 5.74) is 1.39. The van der Waals surface area contributed by atoms with Crippen LogP contribution in [0.15, 0.2) is 24.3 Å². The predicted octanol–water partition coefficient (Wildman–Crippen LogP) is 1.91. The summed E-state index contributed by atoms with van der Waals surface area (Å²) in [6.07, 6.45) is 3.70. The molecule has 2 N–H and O–H groups in total. The van der Waals surface area contributed by atoms with E-state index < -0.39 is 0 Å². The van der Waals surface area contributed by atoms with Crippen molar-refractivity contribution in [2.24, 2.45) is 0 Å². The lowest BCUT2D eigenvalue weighted by atomic mass is 9.97. The number of piperazine rings is 1. The van der Waals surface area contributed by atoms with E-state index in [1.807, 2.05) is 12.1 Å². The molecular formula is C16H24ClN3. The van der Waals surface area contributed by atoms with E-state index in [4.69, 9.17) is 11.6 Å². The van der Waals surface area contributed by atoms with Crippen molar-refractivity contribution < 1.29 is 0 Å². The van der Waals surface area contributed by atoms with Gasteiger partial charge in [-0.25, -0.2) is 0 Å². The average molecular weight is 294 g/mol. The fraction of sp³-hybridized carbons (Fsp3) is 0.625. The third kappa shape index (κ3) is 3.53. The first-order valence-electron chi connectivity index (χ1n) is 7.74. The lowest BCUT2D eigenvalue weighted by Crippen LogP contribution is -2.57. The molecule has 0 radical (unpaired) electrons. The Morgan fingerprint density at radius 2 is 1.80 bits per heavy atom. The van der Waals surface area contributed by atoms with E-state index in [2.05, 4.69) is 27.7 Å². The third-order valence-corrected chi connectivity index (χ3v) is 4.81. The first kappa shape index (κ1) is 14.3. The third-order valence-electron chi connectivity index (χ3n) is 4.56. The molecular weight excluding hydrogens is 270 g/mol. The van der Waals surface area contributed by atoms with Crippen molar-refractivity contribution in [3.8, 4) is 0 Å². The zero-order valence-corrected chi connectivity index (χ0v) is 12.7. The van der Waals surface area contributed by atoms with Gasteiger partial charge in [-0.2, -0.15) is 0 Å². The van der Waals surface area contributed by atoms with E-state index in [9.17, 15) is 0 Å². The van der Waals surface area contributed by atoms with E-state index in [0.29, 0.717) is 6.04 Å². The summed E-state index contributed by atoms with van der Waals surface area (Å²) in [7, 11) is 0. The van der Waals surface area contributed by atoms with Gasteiger partial charge in [0.25, 0.3) is 0 Å². The molecule has 3 nitrogen and oxygen atoms in total. The second-order valence-electron chi connectivity index (χ2n) is 5.91. The minimum Gasteiger partial charge on any atom is -0.317 e. The van der Waals surface area contributed by atoms with Crippen LogP contribution in [0, 0.1) is 0 Å². The molecule has 0 aromatic heterocycles. The number of rotatable bonds is 3. The van der Waals surface area contributed by atoms with Crippen molar-refractivity contribution in [1.29, 1.82) is 0 Å². The van der Waals surface area contributed by atoms with Crippen LogP contribution in [0.25, 0.3) is 0 Å². The Balaban J connectivity index is 1.66. The van der Waals surface area contributed by atoms with E-state index in [1.54, 1.807) is 0 Å². The summed E-state index contributed by atoms with van der Waals surface area (Å²) in [5.74, 6) is 0. The molecule has 2 aliphatic heterocycles. The molecule has 0 bridgehead atoms. The number of hydrogen-bond donors (Lipinski definition) is 2. The highest BCUT2D eigenvalue weighted by Crippen LogP contribution is 2.20. The highest BCUT2D eigenvalue weighted by molar-refractivity contribution is 6.30. The topological polar surface area (TPSA) is 27.3 Å². The quantitative estimate of drug-likeness (QED) is 0.891. The van der Waals surface area contributed by atoms with Crippen LogP contribution < -0.4 is 10.6 Å². The molecule has 110 valence electrons. The van der Waals surface area contributed by atoms with Gasteiger partial charge in [-0.3, -0.25) is 4.90 Å². The van der Waals surface area contributed by atoms with Crippen molar-refractivity contribution in [2.45, 2.75) is 31.3 Å². The second-order valence-corrected chi connectivity index (χ2v) is 6.34. The van der Waals surface area contributed by atoms with Crippen molar-refractivity contribution >= 4 is 11.6 Å². The Labute approximate surface area is 126 Å². The van der Waals surface area contributed by atoms with Gasteiger partial charge in [0, 0.05) is 36.7 Å². The van der Waals surface area contributed by atoms with Crippen LogP contribution in [-0.2, 0) is 6.42 Å². The lowest BCUT2D eigenvalue weighted by Gasteiger charge is -2.43. The largest absolute Gasteiger partial charge is 0.317 e. The zero-order chi connectivity index (χ0) is 13.8. The summed E-state index contributed by atoms with van der Waals surface area (Å²) in [4.78, 5) is 2.74. The van der Waals surface area contributed by atoms with Crippen molar-refractivity contribution in [3.05, 3.63) is 34.9 Å². The van der Waals surface area contributed by atoms with Gasteiger partial charge in [0.1, 0.15) is 0 Å². The van der Waals surface area contributed by atoms with Crippen LogP contribution in [-0.4, -0.2) is 49.7 Å². The number of nitrogens with zero attached hydrogens (tertiary/aromatic N) is 1. The highest BCUT2D eigenvalue weighted by atomic mass is 35.5. The summed E-state index contributed by atoms with van der Waals surface area (Å²) < 4.78 is 0. The summed E-state index contributed by atoms with van der Waals surface area (Å²) in [5, 5.41) is 7.84. The average Bonchev–Trinajstić information content (AvgIpc) is 2.51. The standard InChI is InChI=1S/C16H24ClN3/c17-14-3-1-13(2-4-14)11-16-12-19-9-10-20(16)15-5-7-18-8-6-15/h1-4,15-16,18-19H,5-12H2/t16-/m0/s1. The maximum absolute atomic E-state index is 5.98. The molecule has 20 heavy (non-hydrogen) atoms. The highest BCUT2D eigenvalue weighted by Gasteiger charge is 2.29. The van der Waals surface area contributed by atoms with Gasteiger partial charge in [0.05, 0.1) is 0 Å². The number of piperidine rings is 1. The van der Waals surface area contributed by atoms with Gasteiger partial charge in [-0.05, 0) is 50.0 Å². The van der Waals surface area contributed by atoms with E-state index >= 15 is 0 Å². The van der Waals surface area contributed by atoms with Crippen LogP contribution in [0.5, 0.6) is 0 Å². The molecule has 2 aliphatic rings. The smallest absolute Gasteiger partial charge is 0.0406 e. The molecule has 3 rings (SSSR count). The molecule has 2 saturated heterocycles. The molecule has 4 heteroatoms. The summed E-state index contributed by atoms with van der Waals surface area (Å²) in [6, 6.07) is 9.71. The second kappa shape index (κ2) is 6.90. The van der Waals surface area contributed by atoms with Gasteiger partial charge < -0.3 is 10.6 Å². The number of halogens is 1. The van der Waals surface area contributed by atoms with Crippen LogP contribution in [0.4, 0.5) is 0 Å². The molecule has 0 saturated carbocycles. The maximum Gasteiger partial charge on any atom is 0.0406 e. The zero-order valence-electron chi connectivity index (χ0n) is 11.9. The van der Waals surface area contributed by atoms with Gasteiger partial charge in [-0.15, -0.1) is 0 Å². The van der Waals surface area contributed by atoms with Gasteiger partial charge in [-0.1, -0.05) is 23.7 Å². The fourth-order valence-corrected chi connectivity index (χ4v) is 3.60. The van der Waals surface area contributed by atoms with Crippen LogP contribution >= 0.6 is 11.6 Å². The lowest BCUT2D eigenvalue weighted by molar-refractivity contribution is 0.0861. The minimum absolute atomic E-state index is 0.619. The minimum atomic E-state index is 0.619. The molecule has 0 aliphatic carbocycles.